The lowest BCUT2D eigenvalue weighted by molar-refractivity contribution is -0.0655. The molecule has 30 heavy (non-hydrogen) atoms. The highest BCUT2D eigenvalue weighted by atomic mass is 16.3. The maximum Gasteiger partial charge on any atom is 0.0593 e. The lowest BCUT2D eigenvalue weighted by Gasteiger charge is -2.57. The van der Waals surface area contributed by atoms with Gasteiger partial charge in [0.2, 0.25) is 0 Å². The van der Waals surface area contributed by atoms with E-state index in [0.29, 0.717) is 12.0 Å². The van der Waals surface area contributed by atoms with Crippen molar-refractivity contribution < 1.29 is 5.11 Å². The van der Waals surface area contributed by atoms with Crippen molar-refractivity contribution in [3.63, 3.8) is 0 Å². The molecule has 2 aliphatic heterocycles. The van der Waals surface area contributed by atoms with Crippen LogP contribution in [-0.2, 0) is 6.54 Å². The number of fused-ring (bicyclic) bond motifs is 1. The first kappa shape index (κ1) is 21.1. The molecule has 158 valence electrons. The van der Waals surface area contributed by atoms with Crippen LogP contribution in [0.15, 0.2) is 48.8 Å². The summed E-state index contributed by atoms with van der Waals surface area (Å²) in [6.07, 6.45) is 8.25. The van der Waals surface area contributed by atoms with E-state index in [1.54, 1.807) is 0 Å². The summed E-state index contributed by atoms with van der Waals surface area (Å²) in [5.41, 5.74) is 3.69. The number of pyridine rings is 1. The zero-order valence-corrected chi connectivity index (χ0v) is 18.0. The fourth-order valence-electron chi connectivity index (χ4n) is 4.98. The summed E-state index contributed by atoms with van der Waals surface area (Å²) in [4.78, 5) is 9.39. The molecule has 4 heteroatoms. The van der Waals surface area contributed by atoms with Crippen LogP contribution in [-0.4, -0.2) is 58.2 Å². The minimum Gasteiger partial charge on any atom is -0.395 e. The van der Waals surface area contributed by atoms with Gasteiger partial charge in [-0.05, 0) is 61.7 Å². The van der Waals surface area contributed by atoms with E-state index in [-0.39, 0.29) is 12.6 Å². The van der Waals surface area contributed by atoms with Gasteiger partial charge in [0.25, 0.3) is 0 Å². The second kappa shape index (κ2) is 10.2. The van der Waals surface area contributed by atoms with Gasteiger partial charge in [0.15, 0.2) is 0 Å². The highest BCUT2D eigenvalue weighted by molar-refractivity contribution is 5.39. The van der Waals surface area contributed by atoms with Crippen molar-refractivity contribution in [2.45, 2.75) is 57.2 Å². The summed E-state index contributed by atoms with van der Waals surface area (Å²) < 4.78 is 0. The molecule has 1 N–H and O–H groups in total. The standard InChI is InChI=1S/C26H33N3O/c1-2-3-4-8-21-10-12-23(13-11-21)26-24-19-28(18-22-9-7-14-27-17-22)15-5-6-16-29(24)25(26)20-30/h7,9-14,17,24-26,30H,2-3,5-6,15-16,18-20H2,1H3/t24-,25-,26+/m1/s1. The van der Waals surface area contributed by atoms with Gasteiger partial charge in [-0.15, -0.1) is 0 Å². The van der Waals surface area contributed by atoms with Crippen molar-refractivity contribution >= 4 is 0 Å². The van der Waals surface area contributed by atoms with E-state index in [1.807, 2.05) is 18.5 Å². The number of benzene rings is 1. The molecular formula is C26H33N3O. The Morgan fingerprint density at radius 1 is 1.13 bits per heavy atom. The molecule has 0 amide bonds. The van der Waals surface area contributed by atoms with E-state index in [2.05, 4.69) is 63.9 Å². The number of aliphatic hydroxyl groups is 1. The second-order valence-corrected chi connectivity index (χ2v) is 8.56. The maximum absolute atomic E-state index is 10.1. The number of hydrogen-bond acceptors (Lipinski definition) is 4. The van der Waals surface area contributed by atoms with Gasteiger partial charge in [0, 0.05) is 55.5 Å². The van der Waals surface area contributed by atoms with Crippen molar-refractivity contribution in [2.24, 2.45) is 0 Å². The van der Waals surface area contributed by atoms with Crippen LogP contribution in [0.4, 0.5) is 0 Å². The molecule has 0 spiro atoms. The largest absolute Gasteiger partial charge is 0.395 e. The molecule has 1 aromatic heterocycles. The van der Waals surface area contributed by atoms with Crippen LogP contribution in [0, 0.1) is 11.8 Å². The van der Waals surface area contributed by atoms with E-state index in [1.165, 1.54) is 24.0 Å². The Labute approximate surface area is 180 Å². The summed E-state index contributed by atoms with van der Waals surface area (Å²) >= 11 is 0. The summed E-state index contributed by atoms with van der Waals surface area (Å²) in [5, 5.41) is 10.1. The number of nitrogens with zero attached hydrogens (tertiary/aromatic N) is 3. The molecule has 2 saturated heterocycles. The summed E-state index contributed by atoms with van der Waals surface area (Å²) in [5.74, 6) is 6.86. The van der Waals surface area contributed by atoms with Crippen molar-refractivity contribution in [1.82, 2.24) is 14.8 Å². The van der Waals surface area contributed by atoms with E-state index in [0.717, 1.165) is 44.6 Å². The van der Waals surface area contributed by atoms with E-state index in [4.69, 9.17) is 0 Å². The van der Waals surface area contributed by atoms with Crippen molar-refractivity contribution in [3.8, 4) is 11.8 Å². The third-order valence-corrected chi connectivity index (χ3v) is 6.49. The molecule has 0 bridgehead atoms. The maximum atomic E-state index is 10.1. The Hall–Kier alpha value is -2.19. The van der Waals surface area contributed by atoms with Crippen LogP contribution in [0.2, 0.25) is 0 Å². The molecule has 2 aliphatic rings. The van der Waals surface area contributed by atoms with Gasteiger partial charge < -0.3 is 5.11 Å². The quantitative estimate of drug-likeness (QED) is 0.774. The number of rotatable bonds is 5. The normalized spacial score (nSPS) is 24.7. The lowest BCUT2D eigenvalue weighted by atomic mass is 9.74. The third kappa shape index (κ3) is 4.75. The van der Waals surface area contributed by atoms with E-state index in [9.17, 15) is 5.11 Å². The number of hydrogen-bond donors (Lipinski definition) is 1. The topological polar surface area (TPSA) is 39.6 Å². The second-order valence-electron chi connectivity index (χ2n) is 8.56. The van der Waals surface area contributed by atoms with Crippen LogP contribution in [0.5, 0.6) is 0 Å². The van der Waals surface area contributed by atoms with Crippen molar-refractivity contribution in [2.75, 3.05) is 26.2 Å². The van der Waals surface area contributed by atoms with Gasteiger partial charge in [0.1, 0.15) is 0 Å². The van der Waals surface area contributed by atoms with Crippen LogP contribution >= 0.6 is 0 Å². The number of unbranched alkanes of at least 4 members (excludes halogenated alkanes) is 1. The van der Waals surface area contributed by atoms with Crippen LogP contribution in [0.1, 0.15) is 55.2 Å². The van der Waals surface area contributed by atoms with E-state index < -0.39 is 0 Å². The smallest absolute Gasteiger partial charge is 0.0593 e. The molecule has 2 fully saturated rings. The first-order chi connectivity index (χ1) is 14.8. The fourth-order valence-corrected chi connectivity index (χ4v) is 4.98. The van der Waals surface area contributed by atoms with Gasteiger partial charge in [0.05, 0.1) is 6.61 Å². The Morgan fingerprint density at radius 3 is 2.70 bits per heavy atom. The molecule has 4 nitrogen and oxygen atoms in total. The third-order valence-electron chi connectivity index (χ3n) is 6.49. The molecule has 4 rings (SSSR count). The monoisotopic (exact) mass is 403 g/mol. The number of aromatic nitrogens is 1. The first-order valence-electron chi connectivity index (χ1n) is 11.4. The van der Waals surface area contributed by atoms with Gasteiger partial charge in [-0.3, -0.25) is 14.8 Å². The van der Waals surface area contributed by atoms with Crippen molar-refractivity contribution in [1.29, 1.82) is 0 Å². The zero-order valence-electron chi connectivity index (χ0n) is 18.0. The molecule has 0 unspecified atom stereocenters. The predicted octanol–water partition coefficient (Wildman–Crippen LogP) is 3.66. The van der Waals surface area contributed by atoms with E-state index >= 15 is 0 Å². The Balaban J connectivity index is 1.50. The molecule has 3 heterocycles. The Kier molecular flexibility index (Phi) is 7.17. The van der Waals surface area contributed by atoms with Crippen LogP contribution < -0.4 is 0 Å². The molecule has 1 aromatic carbocycles. The van der Waals surface area contributed by atoms with Crippen LogP contribution in [0.3, 0.4) is 0 Å². The van der Waals surface area contributed by atoms with Gasteiger partial charge >= 0.3 is 0 Å². The molecule has 0 radical (unpaired) electrons. The Morgan fingerprint density at radius 2 is 1.97 bits per heavy atom. The SMILES string of the molecule is CCCC#Cc1ccc([C@@H]2[C@@H](CO)N3CCCCN(Cc4cccnc4)C[C@H]23)cc1. The highest BCUT2D eigenvalue weighted by Crippen LogP contribution is 2.42. The minimum atomic E-state index is 0.224. The lowest BCUT2D eigenvalue weighted by Crippen LogP contribution is -2.67. The average Bonchev–Trinajstić information content (AvgIpc) is 2.76. The number of aliphatic hydroxyl groups excluding tert-OH is 1. The molecule has 0 saturated carbocycles. The Bertz CT molecular complexity index is 855. The average molecular weight is 404 g/mol. The fraction of sp³-hybridized carbons (Fsp3) is 0.500. The molecular weight excluding hydrogens is 370 g/mol. The van der Waals surface area contributed by atoms with Crippen molar-refractivity contribution in [3.05, 3.63) is 65.5 Å². The van der Waals surface area contributed by atoms with Gasteiger partial charge in [-0.1, -0.05) is 37.0 Å². The highest BCUT2D eigenvalue weighted by Gasteiger charge is 2.48. The van der Waals surface area contributed by atoms with Gasteiger partial charge in [-0.25, -0.2) is 0 Å². The predicted molar refractivity (Wildman–Crippen MR) is 121 cm³/mol. The zero-order chi connectivity index (χ0) is 20.8. The molecule has 2 aromatic rings. The summed E-state index contributed by atoms with van der Waals surface area (Å²) in [6, 6.07) is 13.6. The molecule has 0 aliphatic carbocycles. The first-order valence-corrected chi connectivity index (χ1v) is 11.4. The van der Waals surface area contributed by atoms with Gasteiger partial charge in [-0.2, -0.15) is 0 Å². The summed E-state index contributed by atoms with van der Waals surface area (Å²) in [6.45, 7) is 6.58. The van der Waals surface area contributed by atoms with Crippen LogP contribution in [0.25, 0.3) is 0 Å². The molecule has 3 atom stereocenters. The minimum absolute atomic E-state index is 0.224. The summed E-state index contributed by atoms with van der Waals surface area (Å²) in [7, 11) is 0.